The van der Waals surface area contributed by atoms with Crippen molar-refractivity contribution in [2.75, 3.05) is 20.7 Å². The van der Waals surface area contributed by atoms with Crippen LogP contribution in [0.3, 0.4) is 0 Å². The van der Waals surface area contributed by atoms with Crippen LogP contribution in [0.25, 0.3) is 0 Å². The number of benzene rings is 2. The third kappa shape index (κ3) is 6.43. The fourth-order valence-corrected chi connectivity index (χ4v) is 2.18. The summed E-state index contributed by atoms with van der Waals surface area (Å²) in [6.45, 7) is 2.91. The van der Waals surface area contributed by atoms with Gasteiger partial charge >= 0.3 is 0 Å². The minimum absolute atomic E-state index is 0.171. The maximum Gasteiger partial charge on any atom is 0.251 e. The van der Waals surface area contributed by atoms with Gasteiger partial charge in [0, 0.05) is 17.7 Å². The first-order valence-electron chi connectivity index (χ1n) is 7.63. The Hall–Kier alpha value is -1.99. The van der Waals surface area contributed by atoms with Crippen molar-refractivity contribution in [1.82, 2.24) is 10.6 Å². The molecule has 0 saturated heterocycles. The summed E-state index contributed by atoms with van der Waals surface area (Å²) >= 11 is 3.28. The molecule has 2 aromatic rings. The van der Waals surface area contributed by atoms with Crippen molar-refractivity contribution in [3.8, 4) is 5.75 Å². The molecule has 0 fully saturated rings. The number of halogens is 3. The predicted molar refractivity (Wildman–Crippen MR) is 97.8 cm³/mol. The Morgan fingerprint density at radius 3 is 2.32 bits per heavy atom. The van der Waals surface area contributed by atoms with Crippen LogP contribution in [0.1, 0.15) is 22.8 Å². The Balaban J connectivity index is 0.000000705. The molecule has 0 heterocycles. The molecule has 0 spiro atoms. The van der Waals surface area contributed by atoms with Crippen LogP contribution in [-0.4, -0.2) is 26.6 Å². The second-order valence-electron chi connectivity index (χ2n) is 4.94. The molecule has 4 nitrogen and oxygen atoms in total. The maximum atomic E-state index is 13.5. The normalized spacial score (nSPS) is 9.84. The molecule has 2 rings (SSSR count). The van der Waals surface area contributed by atoms with Crippen LogP contribution in [0.5, 0.6) is 5.75 Å². The lowest BCUT2D eigenvalue weighted by Gasteiger charge is -2.09. The van der Waals surface area contributed by atoms with Gasteiger partial charge in [-0.3, -0.25) is 4.79 Å². The van der Waals surface area contributed by atoms with Crippen molar-refractivity contribution in [3.05, 3.63) is 63.6 Å². The Morgan fingerprint density at radius 1 is 1.20 bits per heavy atom. The van der Waals surface area contributed by atoms with Gasteiger partial charge in [0.2, 0.25) is 0 Å². The highest BCUT2D eigenvalue weighted by Crippen LogP contribution is 2.25. The molecule has 0 unspecified atom stereocenters. The molecular formula is C18H21BrF2N2O2. The van der Waals surface area contributed by atoms with E-state index in [0.717, 1.165) is 18.7 Å². The van der Waals surface area contributed by atoms with Gasteiger partial charge in [0.1, 0.15) is 17.4 Å². The lowest BCUT2D eigenvalue weighted by atomic mass is 10.1. The van der Waals surface area contributed by atoms with Crippen molar-refractivity contribution >= 4 is 21.8 Å². The Labute approximate surface area is 154 Å². The number of carbonyl (C=O) groups is 1. The molecule has 25 heavy (non-hydrogen) atoms. The summed E-state index contributed by atoms with van der Waals surface area (Å²) in [5.41, 5.74) is 0.168. The molecule has 0 saturated carbocycles. The predicted octanol–water partition coefficient (Wildman–Crippen LogP) is 3.89. The number of hydrogen-bond acceptors (Lipinski definition) is 3. The van der Waals surface area contributed by atoms with Gasteiger partial charge < -0.3 is 15.4 Å². The first kappa shape index (κ1) is 21.1. The highest BCUT2D eigenvalue weighted by atomic mass is 79.9. The molecule has 0 atom stereocenters. The molecule has 0 aliphatic carbocycles. The summed E-state index contributed by atoms with van der Waals surface area (Å²) in [5, 5.41) is 5.41. The largest absolute Gasteiger partial charge is 0.496 e. The zero-order valence-corrected chi connectivity index (χ0v) is 15.9. The van der Waals surface area contributed by atoms with Gasteiger partial charge in [0.05, 0.1) is 11.6 Å². The smallest absolute Gasteiger partial charge is 0.251 e. The van der Waals surface area contributed by atoms with Crippen molar-refractivity contribution in [3.63, 3.8) is 0 Å². The van der Waals surface area contributed by atoms with Gasteiger partial charge in [-0.2, -0.15) is 0 Å². The molecule has 0 aliphatic rings. The van der Waals surface area contributed by atoms with Gasteiger partial charge in [0.15, 0.2) is 0 Å². The quantitative estimate of drug-likeness (QED) is 0.779. The monoisotopic (exact) mass is 414 g/mol. The number of rotatable bonds is 5. The highest BCUT2D eigenvalue weighted by molar-refractivity contribution is 9.10. The first-order valence-corrected chi connectivity index (χ1v) is 8.43. The average Bonchev–Trinajstić information content (AvgIpc) is 2.61. The average molecular weight is 415 g/mol. The standard InChI is InChI=1S/C15H12BrF2NO2.C3H9N/c1-21-14-7-9(5-6-11(14)16)15(20)19-8-10-12(17)3-2-4-13(10)18;1-3-4-2/h2-7H,8H2,1H3,(H,19,20);4H,3H2,1-2H3. The van der Waals surface area contributed by atoms with E-state index < -0.39 is 17.5 Å². The van der Waals surface area contributed by atoms with Crippen molar-refractivity contribution in [2.24, 2.45) is 0 Å². The summed E-state index contributed by atoms with van der Waals surface area (Å²) in [5.74, 6) is -1.32. The number of ether oxygens (including phenoxy) is 1. The minimum atomic E-state index is -0.691. The Kier molecular flexibility index (Phi) is 9.08. The Bertz CT molecular complexity index is 689. The zero-order valence-electron chi connectivity index (χ0n) is 14.3. The van der Waals surface area contributed by atoms with Gasteiger partial charge in [0.25, 0.3) is 5.91 Å². The van der Waals surface area contributed by atoms with Gasteiger partial charge in [-0.25, -0.2) is 8.78 Å². The molecule has 136 valence electrons. The summed E-state index contributed by atoms with van der Waals surface area (Å²) < 4.78 is 32.7. The molecule has 0 bridgehead atoms. The fraction of sp³-hybridized carbons (Fsp3) is 0.278. The van der Waals surface area contributed by atoms with E-state index >= 15 is 0 Å². The van der Waals surface area contributed by atoms with Crippen LogP contribution in [0.15, 0.2) is 40.9 Å². The molecular weight excluding hydrogens is 394 g/mol. The zero-order chi connectivity index (χ0) is 18.8. The molecule has 7 heteroatoms. The number of carbonyl (C=O) groups excluding carboxylic acids is 1. The van der Waals surface area contributed by atoms with Crippen LogP contribution >= 0.6 is 15.9 Å². The molecule has 0 aromatic heterocycles. The van der Waals surface area contributed by atoms with E-state index in [2.05, 4.69) is 33.5 Å². The van der Waals surface area contributed by atoms with Crippen LogP contribution in [0, 0.1) is 11.6 Å². The minimum Gasteiger partial charge on any atom is -0.496 e. The summed E-state index contributed by atoms with van der Waals surface area (Å²) in [6.07, 6.45) is 0. The van der Waals surface area contributed by atoms with E-state index in [0.29, 0.717) is 15.8 Å². The van der Waals surface area contributed by atoms with E-state index in [-0.39, 0.29) is 12.1 Å². The van der Waals surface area contributed by atoms with E-state index in [1.807, 2.05) is 7.05 Å². The van der Waals surface area contributed by atoms with E-state index in [1.165, 1.54) is 19.2 Å². The van der Waals surface area contributed by atoms with E-state index in [9.17, 15) is 13.6 Å². The van der Waals surface area contributed by atoms with Gasteiger partial charge in [-0.05, 0) is 59.9 Å². The van der Waals surface area contributed by atoms with Crippen molar-refractivity contribution in [1.29, 1.82) is 0 Å². The van der Waals surface area contributed by atoms with E-state index in [1.54, 1.807) is 12.1 Å². The van der Waals surface area contributed by atoms with Crippen LogP contribution in [0.2, 0.25) is 0 Å². The SMILES string of the molecule is CCNC.COc1cc(C(=O)NCc2c(F)cccc2F)ccc1Br. The lowest BCUT2D eigenvalue weighted by molar-refractivity contribution is 0.0950. The number of hydrogen-bond donors (Lipinski definition) is 2. The molecule has 2 N–H and O–H groups in total. The maximum absolute atomic E-state index is 13.5. The molecule has 0 radical (unpaired) electrons. The topological polar surface area (TPSA) is 50.4 Å². The van der Waals surface area contributed by atoms with Crippen LogP contribution in [-0.2, 0) is 6.54 Å². The molecule has 0 aliphatic heterocycles. The van der Waals surface area contributed by atoms with Gasteiger partial charge in [-0.1, -0.05) is 13.0 Å². The Morgan fingerprint density at radius 2 is 1.80 bits per heavy atom. The first-order chi connectivity index (χ1) is 11.9. The van der Waals surface area contributed by atoms with E-state index in [4.69, 9.17) is 4.74 Å². The second kappa shape index (κ2) is 10.8. The lowest BCUT2D eigenvalue weighted by Crippen LogP contribution is -2.24. The molecule has 1 amide bonds. The highest BCUT2D eigenvalue weighted by Gasteiger charge is 2.12. The van der Waals surface area contributed by atoms with Crippen molar-refractivity contribution < 1.29 is 18.3 Å². The van der Waals surface area contributed by atoms with Crippen LogP contribution in [0.4, 0.5) is 8.78 Å². The summed E-state index contributed by atoms with van der Waals surface area (Å²) in [7, 11) is 3.41. The number of amides is 1. The third-order valence-corrected chi connectivity index (χ3v) is 3.91. The summed E-state index contributed by atoms with van der Waals surface area (Å²) in [6, 6.07) is 8.35. The summed E-state index contributed by atoms with van der Waals surface area (Å²) in [4.78, 5) is 12.0. The van der Waals surface area contributed by atoms with Gasteiger partial charge in [-0.15, -0.1) is 0 Å². The number of methoxy groups -OCH3 is 1. The van der Waals surface area contributed by atoms with Crippen LogP contribution < -0.4 is 15.4 Å². The second-order valence-corrected chi connectivity index (χ2v) is 5.79. The fourth-order valence-electron chi connectivity index (χ4n) is 1.77. The van der Waals surface area contributed by atoms with Crippen molar-refractivity contribution in [2.45, 2.75) is 13.5 Å². The third-order valence-electron chi connectivity index (χ3n) is 3.25. The number of nitrogens with one attached hydrogen (secondary N) is 2. The molecule has 2 aromatic carbocycles.